The molecule has 0 unspecified atom stereocenters. The monoisotopic (exact) mass is 390 g/mol. The second kappa shape index (κ2) is 8.25. The number of hydrogen-bond donors (Lipinski definition) is 2. The molecular formula is C19H16Cl2N2O3. The average Bonchev–Trinajstić information content (AvgIpc) is 3.05. The van der Waals surface area contributed by atoms with Crippen LogP contribution in [0.25, 0.3) is 10.9 Å². The second-order valence-corrected chi connectivity index (χ2v) is 6.48. The Morgan fingerprint density at radius 2 is 1.88 bits per heavy atom. The van der Waals surface area contributed by atoms with Crippen LogP contribution in [0.3, 0.4) is 0 Å². The molecule has 2 N–H and O–H groups in total. The number of para-hydroxylation sites is 1. The number of carbonyl (C=O) groups excluding carboxylic acids is 2. The van der Waals surface area contributed by atoms with Gasteiger partial charge in [0.15, 0.2) is 6.61 Å². The lowest BCUT2D eigenvalue weighted by molar-refractivity contribution is -0.124. The fourth-order valence-electron chi connectivity index (χ4n) is 2.56. The third kappa shape index (κ3) is 4.36. The molecule has 0 radical (unpaired) electrons. The van der Waals surface area contributed by atoms with Gasteiger partial charge in [-0.1, -0.05) is 41.4 Å². The molecule has 1 amide bonds. The molecule has 0 aliphatic heterocycles. The highest BCUT2D eigenvalue weighted by Crippen LogP contribution is 2.23. The van der Waals surface area contributed by atoms with E-state index in [9.17, 15) is 9.59 Å². The minimum atomic E-state index is -0.629. The van der Waals surface area contributed by atoms with Gasteiger partial charge in [0.25, 0.3) is 5.91 Å². The van der Waals surface area contributed by atoms with E-state index in [4.69, 9.17) is 27.9 Å². The van der Waals surface area contributed by atoms with Gasteiger partial charge in [-0.05, 0) is 36.2 Å². The molecule has 5 nitrogen and oxygen atoms in total. The predicted octanol–water partition coefficient (Wildman–Crippen LogP) is 3.99. The van der Waals surface area contributed by atoms with Gasteiger partial charge in [0.05, 0.1) is 15.6 Å². The minimum absolute atomic E-state index is 0.242. The van der Waals surface area contributed by atoms with Crippen molar-refractivity contribution in [1.82, 2.24) is 10.3 Å². The molecule has 3 rings (SSSR count). The van der Waals surface area contributed by atoms with Crippen LogP contribution >= 0.6 is 23.2 Å². The molecule has 134 valence electrons. The van der Waals surface area contributed by atoms with E-state index in [1.807, 2.05) is 30.5 Å². The fourth-order valence-corrected chi connectivity index (χ4v) is 2.86. The zero-order valence-corrected chi connectivity index (χ0v) is 15.2. The number of benzene rings is 2. The summed E-state index contributed by atoms with van der Waals surface area (Å²) in [6.07, 6.45) is 2.61. The van der Waals surface area contributed by atoms with Gasteiger partial charge in [-0.2, -0.15) is 0 Å². The van der Waals surface area contributed by atoms with Crippen LogP contribution in [0.4, 0.5) is 0 Å². The van der Waals surface area contributed by atoms with E-state index in [-0.39, 0.29) is 23.1 Å². The molecule has 2 aromatic carbocycles. The number of aromatic amines is 1. The molecule has 26 heavy (non-hydrogen) atoms. The summed E-state index contributed by atoms with van der Waals surface area (Å²) in [5.74, 6) is -0.992. The molecule has 1 heterocycles. The maximum atomic E-state index is 11.9. The first-order valence-corrected chi connectivity index (χ1v) is 8.74. The zero-order chi connectivity index (χ0) is 18.5. The number of H-pyrrole nitrogens is 1. The summed E-state index contributed by atoms with van der Waals surface area (Å²) in [4.78, 5) is 27.0. The molecular weight excluding hydrogens is 375 g/mol. The maximum Gasteiger partial charge on any atom is 0.338 e. The van der Waals surface area contributed by atoms with E-state index in [0.29, 0.717) is 18.0 Å². The number of amides is 1. The Morgan fingerprint density at radius 3 is 2.69 bits per heavy atom. The normalized spacial score (nSPS) is 10.7. The van der Waals surface area contributed by atoms with Crippen molar-refractivity contribution in [3.8, 4) is 0 Å². The summed E-state index contributed by atoms with van der Waals surface area (Å²) in [6, 6.07) is 12.4. The van der Waals surface area contributed by atoms with E-state index in [1.54, 1.807) is 0 Å². The van der Waals surface area contributed by atoms with E-state index in [1.165, 1.54) is 18.2 Å². The molecule has 0 spiro atoms. The van der Waals surface area contributed by atoms with Crippen LogP contribution in [0, 0.1) is 0 Å². The van der Waals surface area contributed by atoms with Gasteiger partial charge in [0, 0.05) is 23.6 Å². The highest BCUT2D eigenvalue weighted by Gasteiger charge is 2.12. The molecule has 3 aromatic rings. The summed E-state index contributed by atoms with van der Waals surface area (Å²) in [5, 5.41) is 4.47. The Kier molecular flexibility index (Phi) is 5.81. The van der Waals surface area contributed by atoms with Crippen molar-refractivity contribution in [2.45, 2.75) is 6.42 Å². The molecule has 1 aromatic heterocycles. The lowest BCUT2D eigenvalue weighted by Crippen LogP contribution is -2.30. The standard InChI is InChI=1S/C19H16Cl2N2O3/c20-15-6-5-12(9-16(15)21)19(25)26-11-18(24)22-8-7-13-10-23-17-4-2-1-3-14(13)17/h1-6,9-10,23H,7-8,11H2,(H,22,24). The molecule has 0 saturated carbocycles. The molecule has 0 aliphatic rings. The lowest BCUT2D eigenvalue weighted by Gasteiger charge is -2.07. The van der Waals surface area contributed by atoms with E-state index in [2.05, 4.69) is 10.3 Å². The smallest absolute Gasteiger partial charge is 0.338 e. The average molecular weight is 391 g/mol. The van der Waals surface area contributed by atoms with Gasteiger partial charge in [0.2, 0.25) is 0 Å². The van der Waals surface area contributed by atoms with Crippen molar-refractivity contribution in [1.29, 1.82) is 0 Å². The number of rotatable bonds is 6. The van der Waals surface area contributed by atoms with E-state index >= 15 is 0 Å². The van der Waals surface area contributed by atoms with Crippen LogP contribution < -0.4 is 5.32 Å². The van der Waals surface area contributed by atoms with Gasteiger partial charge in [0.1, 0.15) is 0 Å². The molecule has 0 fully saturated rings. The fraction of sp³-hybridized carbons (Fsp3) is 0.158. The Balaban J connectivity index is 1.45. The van der Waals surface area contributed by atoms with Crippen molar-refractivity contribution >= 4 is 46.0 Å². The summed E-state index contributed by atoms with van der Waals surface area (Å²) < 4.78 is 4.98. The SMILES string of the molecule is O=C(COC(=O)c1ccc(Cl)c(Cl)c1)NCCc1c[nH]c2ccccc12. The number of carbonyl (C=O) groups is 2. The molecule has 0 atom stereocenters. The molecule has 7 heteroatoms. The number of ether oxygens (including phenoxy) is 1. The molecule has 0 bridgehead atoms. The van der Waals surface area contributed by atoms with Crippen LogP contribution in [-0.4, -0.2) is 30.0 Å². The maximum absolute atomic E-state index is 11.9. The number of aromatic nitrogens is 1. The Bertz CT molecular complexity index is 953. The summed E-state index contributed by atoms with van der Waals surface area (Å²) >= 11 is 11.7. The summed E-state index contributed by atoms with van der Waals surface area (Å²) in [6.45, 7) is 0.0952. The van der Waals surface area contributed by atoms with Crippen molar-refractivity contribution in [2.75, 3.05) is 13.2 Å². The molecule has 0 aliphatic carbocycles. The van der Waals surface area contributed by atoms with Crippen molar-refractivity contribution in [3.63, 3.8) is 0 Å². The van der Waals surface area contributed by atoms with E-state index < -0.39 is 5.97 Å². The zero-order valence-electron chi connectivity index (χ0n) is 13.7. The topological polar surface area (TPSA) is 71.2 Å². The Labute approximate surface area is 160 Å². The van der Waals surface area contributed by atoms with Crippen molar-refractivity contribution < 1.29 is 14.3 Å². The quantitative estimate of drug-likeness (QED) is 0.625. The van der Waals surface area contributed by atoms with Gasteiger partial charge in [-0.3, -0.25) is 4.79 Å². The highest BCUT2D eigenvalue weighted by molar-refractivity contribution is 6.42. The minimum Gasteiger partial charge on any atom is -0.452 e. The predicted molar refractivity (Wildman–Crippen MR) is 102 cm³/mol. The number of esters is 1. The van der Waals surface area contributed by atoms with Crippen molar-refractivity contribution in [3.05, 3.63) is 69.8 Å². The number of halogens is 2. The number of hydrogen-bond acceptors (Lipinski definition) is 3. The Hall–Kier alpha value is -2.50. The van der Waals surface area contributed by atoms with Crippen LogP contribution in [-0.2, 0) is 16.0 Å². The summed E-state index contributed by atoms with van der Waals surface area (Å²) in [7, 11) is 0. The van der Waals surface area contributed by atoms with Crippen LogP contribution in [0.1, 0.15) is 15.9 Å². The first-order chi connectivity index (χ1) is 12.5. The summed E-state index contributed by atoms with van der Waals surface area (Å²) in [5.41, 5.74) is 2.42. The third-order valence-electron chi connectivity index (χ3n) is 3.88. The highest BCUT2D eigenvalue weighted by atomic mass is 35.5. The van der Waals surface area contributed by atoms with E-state index in [0.717, 1.165) is 16.5 Å². The van der Waals surface area contributed by atoms with Gasteiger partial charge < -0.3 is 15.0 Å². The largest absolute Gasteiger partial charge is 0.452 e. The van der Waals surface area contributed by atoms with Crippen molar-refractivity contribution in [2.24, 2.45) is 0 Å². The first kappa shape index (κ1) is 18.3. The second-order valence-electron chi connectivity index (χ2n) is 5.66. The van der Waals surface area contributed by atoms with Crippen LogP contribution in [0.5, 0.6) is 0 Å². The van der Waals surface area contributed by atoms with Crippen LogP contribution in [0.15, 0.2) is 48.7 Å². The molecule has 0 saturated heterocycles. The number of nitrogens with one attached hydrogen (secondary N) is 2. The van der Waals surface area contributed by atoms with Crippen LogP contribution in [0.2, 0.25) is 10.0 Å². The Morgan fingerprint density at radius 1 is 1.08 bits per heavy atom. The van der Waals surface area contributed by atoms with Gasteiger partial charge >= 0.3 is 5.97 Å². The first-order valence-electron chi connectivity index (χ1n) is 7.98. The third-order valence-corrected chi connectivity index (χ3v) is 4.62. The lowest BCUT2D eigenvalue weighted by atomic mass is 10.1. The van der Waals surface area contributed by atoms with Gasteiger partial charge in [-0.25, -0.2) is 4.79 Å². The number of fused-ring (bicyclic) bond motifs is 1. The van der Waals surface area contributed by atoms with Gasteiger partial charge in [-0.15, -0.1) is 0 Å².